The molecule has 0 aliphatic carbocycles. The van der Waals surface area contributed by atoms with Crippen LogP contribution < -0.4 is 5.73 Å². The number of anilines is 1. The fourth-order valence-electron chi connectivity index (χ4n) is 1.71. The number of nitrogens with two attached hydrogens (primary N) is 1. The van der Waals surface area contributed by atoms with Gasteiger partial charge >= 0.3 is 0 Å². The van der Waals surface area contributed by atoms with Crippen LogP contribution in [0.3, 0.4) is 0 Å². The highest BCUT2D eigenvalue weighted by Gasteiger charge is 2.07. The lowest BCUT2D eigenvalue weighted by molar-refractivity contribution is 0.510. The average molecular weight is 210 g/mol. The van der Waals surface area contributed by atoms with E-state index in [0.29, 0.717) is 5.82 Å². The van der Waals surface area contributed by atoms with Crippen LogP contribution in [-0.2, 0) is 13.0 Å². The molecule has 1 rings (SSSR count). The molecule has 1 aromatic rings. The van der Waals surface area contributed by atoms with Gasteiger partial charge in [0.05, 0.1) is 5.69 Å². The van der Waals surface area contributed by atoms with Crippen molar-refractivity contribution in [2.75, 3.05) is 5.73 Å². The summed E-state index contributed by atoms with van der Waals surface area (Å²) in [6, 6.07) is 0. The molecule has 1 aromatic heterocycles. The van der Waals surface area contributed by atoms with Crippen LogP contribution in [-0.4, -0.2) is 15.0 Å². The maximum absolute atomic E-state index is 5.76. The van der Waals surface area contributed by atoms with Gasteiger partial charge in [-0.25, -0.2) is 4.68 Å². The molecule has 2 N–H and O–H groups in total. The lowest BCUT2D eigenvalue weighted by atomic mass is 10.2. The van der Waals surface area contributed by atoms with Crippen LogP contribution in [0, 0.1) is 0 Å². The summed E-state index contributed by atoms with van der Waals surface area (Å²) in [6.07, 6.45) is 7.07. The fourth-order valence-corrected chi connectivity index (χ4v) is 1.71. The molecule has 0 unspecified atom stereocenters. The smallest absolute Gasteiger partial charge is 0.169 e. The largest absolute Gasteiger partial charge is 0.381 e. The second-order valence-electron chi connectivity index (χ2n) is 3.96. The summed E-state index contributed by atoms with van der Waals surface area (Å²) in [5.74, 6) is 0.604. The first-order valence-corrected chi connectivity index (χ1v) is 5.97. The zero-order chi connectivity index (χ0) is 11.1. The molecule has 1 heterocycles. The third-order valence-corrected chi connectivity index (χ3v) is 2.58. The molecule has 0 aliphatic rings. The van der Waals surface area contributed by atoms with Crippen molar-refractivity contribution in [1.82, 2.24) is 15.0 Å². The molecular weight excluding hydrogens is 188 g/mol. The van der Waals surface area contributed by atoms with Gasteiger partial charge in [0, 0.05) is 6.54 Å². The minimum atomic E-state index is 0.604. The molecule has 0 saturated heterocycles. The minimum absolute atomic E-state index is 0.604. The van der Waals surface area contributed by atoms with Gasteiger partial charge in [0.15, 0.2) is 5.82 Å². The van der Waals surface area contributed by atoms with E-state index in [4.69, 9.17) is 5.73 Å². The number of aryl methyl sites for hydroxylation is 1. The van der Waals surface area contributed by atoms with Crippen LogP contribution >= 0.6 is 0 Å². The third kappa shape index (κ3) is 3.53. The predicted octanol–water partition coefficient (Wildman–Crippen LogP) is 2.39. The van der Waals surface area contributed by atoms with Gasteiger partial charge in [-0.05, 0) is 12.8 Å². The first kappa shape index (κ1) is 12.0. The van der Waals surface area contributed by atoms with E-state index in [-0.39, 0.29) is 0 Å². The lowest BCUT2D eigenvalue weighted by Crippen LogP contribution is -2.06. The Bertz CT molecular complexity index is 280. The molecular formula is C11H22N4. The van der Waals surface area contributed by atoms with Crippen molar-refractivity contribution in [3.63, 3.8) is 0 Å². The van der Waals surface area contributed by atoms with Gasteiger partial charge in [-0.2, -0.15) is 0 Å². The lowest BCUT2D eigenvalue weighted by Gasteiger charge is -2.05. The number of rotatable bonds is 7. The number of hydrogen-bond acceptors (Lipinski definition) is 3. The second kappa shape index (κ2) is 6.43. The molecule has 0 fully saturated rings. The number of nitrogen functional groups attached to an aromatic ring is 1. The Hall–Kier alpha value is -1.06. The van der Waals surface area contributed by atoms with Crippen LogP contribution in [0.1, 0.15) is 51.6 Å². The highest BCUT2D eigenvalue weighted by molar-refractivity contribution is 5.32. The Morgan fingerprint density at radius 1 is 1.13 bits per heavy atom. The van der Waals surface area contributed by atoms with Gasteiger partial charge in [-0.3, -0.25) is 0 Å². The van der Waals surface area contributed by atoms with E-state index in [1.165, 1.54) is 25.7 Å². The average Bonchev–Trinajstić information content (AvgIpc) is 2.57. The first-order valence-electron chi connectivity index (χ1n) is 5.97. The maximum Gasteiger partial charge on any atom is 0.169 e. The SMILES string of the molecule is CCCCCCn1nnc(N)c1CCC. The molecule has 4 heteroatoms. The van der Waals surface area contributed by atoms with Crippen LogP contribution in [0.15, 0.2) is 0 Å². The van der Waals surface area contributed by atoms with Gasteiger partial charge < -0.3 is 5.73 Å². The van der Waals surface area contributed by atoms with Crippen LogP contribution in [0.2, 0.25) is 0 Å². The summed E-state index contributed by atoms with van der Waals surface area (Å²) < 4.78 is 1.97. The monoisotopic (exact) mass is 210 g/mol. The second-order valence-corrected chi connectivity index (χ2v) is 3.96. The molecule has 0 saturated carbocycles. The maximum atomic E-state index is 5.76. The molecule has 0 radical (unpaired) electrons. The van der Waals surface area contributed by atoms with E-state index >= 15 is 0 Å². The molecule has 0 aliphatic heterocycles. The Morgan fingerprint density at radius 3 is 2.60 bits per heavy atom. The van der Waals surface area contributed by atoms with Crippen molar-refractivity contribution in [2.45, 2.75) is 58.9 Å². The molecule has 15 heavy (non-hydrogen) atoms. The van der Waals surface area contributed by atoms with Crippen LogP contribution in [0.5, 0.6) is 0 Å². The van der Waals surface area contributed by atoms with Crippen molar-refractivity contribution in [1.29, 1.82) is 0 Å². The van der Waals surface area contributed by atoms with Crippen molar-refractivity contribution in [3.05, 3.63) is 5.69 Å². The first-order chi connectivity index (χ1) is 7.29. The number of nitrogens with zero attached hydrogens (tertiary/aromatic N) is 3. The van der Waals surface area contributed by atoms with Crippen molar-refractivity contribution >= 4 is 5.82 Å². The Balaban J connectivity index is 2.45. The highest BCUT2D eigenvalue weighted by atomic mass is 15.4. The van der Waals surface area contributed by atoms with E-state index in [2.05, 4.69) is 24.2 Å². The number of unbranched alkanes of at least 4 members (excludes halogenated alkanes) is 3. The summed E-state index contributed by atoms with van der Waals surface area (Å²) in [5, 5.41) is 8.00. The zero-order valence-corrected chi connectivity index (χ0v) is 9.87. The van der Waals surface area contributed by atoms with E-state index in [1.54, 1.807) is 0 Å². The Morgan fingerprint density at radius 2 is 1.93 bits per heavy atom. The molecule has 0 aromatic carbocycles. The number of hydrogen-bond donors (Lipinski definition) is 1. The summed E-state index contributed by atoms with van der Waals surface area (Å²) in [5.41, 5.74) is 6.87. The summed E-state index contributed by atoms with van der Waals surface area (Å²) >= 11 is 0. The van der Waals surface area contributed by atoms with Gasteiger partial charge in [-0.15, -0.1) is 5.10 Å². The Labute approximate surface area is 91.9 Å². The third-order valence-electron chi connectivity index (χ3n) is 2.58. The summed E-state index contributed by atoms with van der Waals surface area (Å²) in [6.45, 7) is 5.32. The number of aromatic nitrogens is 3. The quantitative estimate of drug-likeness (QED) is 0.703. The van der Waals surface area contributed by atoms with Crippen LogP contribution in [0.25, 0.3) is 0 Å². The van der Waals surface area contributed by atoms with Crippen molar-refractivity contribution < 1.29 is 0 Å². The van der Waals surface area contributed by atoms with Gasteiger partial charge in [0.1, 0.15) is 0 Å². The summed E-state index contributed by atoms with van der Waals surface area (Å²) in [7, 11) is 0. The normalized spacial score (nSPS) is 10.8. The highest BCUT2D eigenvalue weighted by Crippen LogP contribution is 2.11. The molecule has 0 bridgehead atoms. The van der Waals surface area contributed by atoms with Gasteiger partial charge in [0.2, 0.25) is 0 Å². The van der Waals surface area contributed by atoms with Crippen molar-refractivity contribution in [2.24, 2.45) is 0 Å². The molecule has 86 valence electrons. The van der Waals surface area contributed by atoms with E-state index in [0.717, 1.165) is 25.1 Å². The molecule has 0 spiro atoms. The van der Waals surface area contributed by atoms with Gasteiger partial charge in [-0.1, -0.05) is 44.7 Å². The Kier molecular flexibility index (Phi) is 5.15. The summed E-state index contributed by atoms with van der Waals surface area (Å²) in [4.78, 5) is 0. The minimum Gasteiger partial charge on any atom is -0.381 e. The van der Waals surface area contributed by atoms with Crippen molar-refractivity contribution in [3.8, 4) is 0 Å². The van der Waals surface area contributed by atoms with Gasteiger partial charge in [0.25, 0.3) is 0 Å². The van der Waals surface area contributed by atoms with E-state index in [9.17, 15) is 0 Å². The van der Waals surface area contributed by atoms with Crippen LogP contribution in [0.4, 0.5) is 5.82 Å². The molecule has 0 amide bonds. The van der Waals surface area contributed by atoms with E-state index in [1.807, 2.05) is 4.68 Å². The standard InChI is InChI=1S/C11H22N4/c1-3-5-6-7-9-15-10(8-4-2)11(12)13-14-15/h3-9,12H2,1-2H3. The molecule has 0 atom stereocenters. The topological polar surface area (TPSA) is 56.7 Å². The molecule has 4 nitrogen and oxygen atoms in total. The van der Waals surface area contributed by atoms with E-state index < -0.39 is 0 Å². The fraction of sp³-hybridized carbons (Fsp3) is 0.818. The zero-order valence-electron chi connectivity index (χ0n) is 9.87. The predicted molar refractivity (Wildman–Crippen MR) is 62.6 cm³/mol.